The Morgan fingerprint density at radius 3 is 2.52 bits per heavy atom. The lowest BCUT2D eigenvalue weighted by atomic mass is 10.1. The molecule has 0 amide bonds. The first-order valence-corrected chi connectivity index (χ1v) is 12.4. The molecule has 0 bridgehead atoms. The zero-order valence-electron chi connectivity index (χ0n) is 20.0. The van der Waals surface area contributed by atoms with Gasteiger partial charge >= 0.3 is 11.9 Å². The summed E-state index contributed by atoms with van der Waals surface area (Å²) in [6.45, 7) is 5.76. The van der Waals surface area contributed by atoms with E-state index in [9.17, 15) is 9.59 Å². The van der Waals surface area contributed by atoms with E-state index in [-0.39, 0.29) is 6.10 Å². The summed E-state index contributed by atoms with van der Waals surface area (Å²) in [6, 6.07) is 6.07. The maximum atomic E-state index is 11.8. The van der Waals surface area contributed by atoms with Crippen LogP contribution in [0, 0.1) is 6.92 Å². The van der Waals surface area contributed by atoms with E-state index in [1.807, 2.05) is 12.1 Å². The number of hydrogen-bond donors (Lipinski definition) is 1. The van der Waals surface area contributed by atoms with Crippen LogP contribution in [0.3, 0.4) is 0 Å². The number of rotatable bonds is 12. The molecule has 2 unspecified atom stereocenters. The molecule has 33 heavy (non-hydrogen) atoms. The van der Waals surface area contributed by atoms with Crippen molar-refractivity contribution < 1.29 is 23.9 Å². The van der Waals surface area contributed by atoms with E-state index in [1.165, 1.54) is 56.4 Å². The van der Waals surface area contributed by atoms with Crippen LogP contribution in [-0.4, -0.2) is 42.4 Å². The van der Waals surface area contributed by atoms with Crippen LogP contribution in [0.25, 0.3) is 0 Å². The molecule has 2 aliphatic rings. The van der Waals surface area contributed by atoms with Crippen molar-refractivity contribution >= 4 is 17.6 Å². The van der Waals surface area contributed by atoms with Gasteiger partial charge in [-0.3, -0.25) is 0 Å². The number of hydrogen-bond acceptors (Lipinski definition) is 7. The Hall–Kier alpha value is -2.54. The van der Waals surface area contributed by atoms with Crippen molar-refractivity contribution in [2.24, 2.45) is 0 Å². The molecule has 1 N–H and O–H groups in total. The van der Waals surface area contributed by atoms with Crippen LogP contribution in [0.15, 0.2) is 30.4 Å². The number of nitrogens with zero attached hydrogens (tertiary/aromatic N) is 1. The van der Waals surface area contributed by atoms with E-state index in [0.717, 1.165) is 35.7 Å². The highest BCUT2D eigenvalue weighted by Crippen LogP contribution is 2.27. The third-order valence-electron chi connectivity index (χ3n) is 6.12. The van der Waals surface area contributed by atoms with Gasteiger partial charge in [-0.05, 0) is 37.1 Å². The molecule has 0 spiro atoms. The molecule has 1 saturated heterocycles. The highest BCUT2D eigenvalue weighted by molar-refractivity contribution is 5.92. The van der Waals surface area contributed by atoms with E-state index in [2.05, 4.69) is 25.2 Å². The highest BCUT2D eigenvalue weighted by atomic mass is 16.7. The fourth-order valence-electron chi connectivity index (χ4n) is 4.23. The second-order valence-electron chi connectivity index (χ2n) is 8.92. The molecule has 1 fully saturated rings. The molecule has 0 aromatic heterocycles. The summed E-state index contributed by atoms with van der Waals surface area (Å²) in [4.78, 5) is 28.7. The summed E-state index contributed by atoms with van der Waals surface area (Å²) in [6.07, 6.45) is 13.0. The molecular formula is C26H38N2O5. The fraction of sp³-hybridized carbons (Fsp3) is 0.615. The van der Waals surface area contributed by atoms with Crippen molar-refractivity contribution in [3.63, 3.8) is 0 Å². The topological polar surface area (TPSA) is 77.1 Å². The molecule has 182 valence electrons. The van der Waals surface area contributed by atoms with E-state index in [0.29, 0.717) is 19.4 Å². The summed E-state index contributed by atoms with van der Waals surface area (Å²) in [7, 11) is 0. The molecule has 3 rings (SSSR count). The number of unbranched alkanes of at least 4 members (excludes halogenated alkanes) is 7. The van der Waals surface area contributed by atoms with Crippen LogP contribution in [0.2, 0.25) is 0 Å². The summed E-state index contributed by atoms with van der Waals surface area (Å²) in [5.74, 6) is -0.329. The summed E-state index contributed by atoms with van der Waals surface area (Å²) in [5.41, 5.74) is 2.27. The van der Waals surface area contributed by atoms with Gasteiger partial charge in [0.2, 0.25) is 0 Å². The number of hydroxylamine groups is 2. The van der Waals surface area contributed by atoms with Gasteiger partial charge in [0.05, 0.1) is 0 Å². The zero-order chi connectivity index (χ0) is 23.5. The van der Waals surface area contributed by atoms with Crippen LogP contribution < -0.4 is 10.1 Å². The predicted octanol–water partition coefficient (Wildman–Crippen LogP) is 5.29. The summed E-state index contributed by atoms with van der Waals surface area (Å²) >= 11 is 0. The second kappa shape index (κ2) is 13.2. The third kappa shape index (κ3) is 8.39. The van der Waals surface area contributed by atoms with E-state index in [1.54, 1.807) is 0 Å². The van der Waals surface area contributed by atoms with Gasteiger partial charge in [-0.2, -0.15) is 0 Å². The average molecular weight is 459 g/mol. The van der Waals surface area contributed by atoms with Crippen molar-refractivity contribution in [3.8, 4) is 5.75 Å². The van der Waals surface area contributed by atoms with Crippen LogP contribution in [0.5, 0.6) is 5.75 Å². The maximum Gasteiger partial charge on any atom is 0.350 e. The van der Waals surface area contributed by atoms with Crippen molar-refractivity contribution in [1.82, 2.24) is 5.06 Å². The number of fused-ring (bicyclic) bond motifs is 1. The first-order chi connectivity index (χ1) is 16.0. The fourth-order valence-corrected chi connectivity index (χ4v) is 4.23. The Morgan fingerprint density at radius 2 is 1.76 bits per heavy atom. The van der Waals surface area contributed by atoms with Crippen LogP contribution >= 0.6 is 0 Å². The maximum absolute atomic E-state index is 11.8. The lowest BCUT2D eigenvalue weighted by Gasteiger charge is -2.37. The average Bonchev–Trinajstić information content (AvgIpc) is 2.78. The van der Waals surface area contributed by atoms with Crippen LogP contribution in [0.1, 0.15) is 76.7 Å². The molecule has 0 aliphatic carbocycles. The first kappa shape index (κ1) is 25.1. The Balaban J connectivity index is 1.40. The number of anilines is 1. The van der Waals surface area contributed by atoms with Gasteiger partial charge in [0.15, 0.2) is 6.23 Å². The molecule has 0 saturated carbocycles. The standard InChI is InChI=1S/C26H38N2O5/c1-3-4-5-6-7-8-9-10-16-27-23-12-11-21(18-20(23)2)31-22-15-17-28-24(19-22)32-25(29)13-14-26(30)33-28/h11-14,18,22,24,27H,3-10,15-17,19H2,1-2H3/b14-13+. The largest absolute Gasteiger partial charge is 0.490 e. The lowest BCUT2D eigenvalue weighted by molar-refractivity contribution is -0.253. The smallest absolute Gasteiger partial charge is 0.350 e. The van der Waals surface area contributed by atoms with E-state index >= 15 is 0 Å². The van der Waals surface area contributed by atoms with Gasteiger partial charge in [-0.25, -0.2) is 9.59 Å². The van der Waals surface area contributed by atoms with Gasteiger partial charge in [-0.15, -0.1) is 0 Å². The number of nitrogens with one attached hydrogen (secondary N) is 1. The van der Waals surface area contributed by atoms with Crippen molar-refractivity contribution in [2.45, 2.75) is 90.4 Å². The Morgan fingerprint density at radius 1 is 1.03 bits per heavy atom. The number of ether oxygens (including phenoxy) is 2. The minimum atomic E-state index is -0.640. The first-order valence-electron chi connectivity index (χ1n) is 12.4. The number of carbonyl (C=O) groups excluding carboxylic acids is 2. The Labute approximate surface area is 197 Å². The molecular weight excluding hydrogens is 420 g/mol. The number of benzene rings is 1. The minimum Gasteiger partial charge on any atom is -0.490 e. The Bertz CT molecular complexity index is 810. The van der Waals surface area contributed by atoms with Crippen LogP contribution in [-0.2, 0) is 19.2 Å². The molecule has 2 atom stereocenters. The van der Waals surface area contributed by atoms with Crippen molar-refractivity contribution in [1.29, 1.82) is 0 Å². The van der Waals surface area contributed by atoms with Gasteiger partial charge < -0.3 is 19.6 Å². The number of carbonyl (C=O) groups is 2. The second-order valence-corrected chi connectivity index (χ2v) is 8.92. The van der Waals surface area contributed by atoms with Crippen molar-refractivity contribution in [3.05, 3.63) is 35.9 Å². The SMILES string of the molecule is CCCCCCCCCCNc1ccc(OC2CCN3OC(=O)/C=C/C(=O)OC3C2)cc1C. The van der Waals surface area contributed by atoms with Gasteiger partial charge in [0, 0.05) is 43.8 Å². The molecule has 0 radical (unpaired) electrons. The zero-order valence-corrected chi connectivity index (χ0v) is 20.0. The number of piperidine rings is 1. The van der Waals surface area contributed by atoms with Crippen molar-refractivity contribution in [2.75, 3.05) is 18.4 Å². The Kier molecular flexibility index (Phi) is 10.1. The lowest BCUT2D eigenvalue weighted by Crippen LogP contribution is -2.49. The van der Waals surface area contributed by atoms with Gasteiger partial charge in [0.25, 0.3) is 0 Å². The van der Waals surface area contributed by atoms with E-state index in [4.69, 9.17) is 14.3 Å². The quantitative estimate of drug-likeness (QED) is 0.337. The summed E-state index contributed by atoms with van der Waals surface area (Å²) < 4.78 is 11.6. The molecule has 2 heterocycles. The highest BCUT2D eigenvalue weighted by Gasteiger charge is 2.35. The normalized spacial score (nSPS) is 21.9. The summed E-state index contributed by atoms with van der Waals surface area (Å²) in [5, 5.41) is 4.96. The van der Waals surface area contributed by atoms with E-state index < -0.39 is 18.2 Å². The molecule has 7 nitrogen and oxygen atoms in total. The monoisotopic (exact) mass is 458 g/mol. The van der Waals surface area contributed by atoms with Gasteiger partial charge in [0.1, 0.15) is 11.9 Å². The third-order valence-corrected chi connectivity index (χ3v) is 6.12. The van der Waals surface area contributed by atoms with Crippen LogP contribution in [0.4, 0.5) is 5.69 Å². The molecule has 7 heteroatoms. The molecule has 1 aromatic carbocycles. The predicted molar refractivity (Wildman–Crippen MR) is 128 cm³/mol. The minimum absolute atomic E-state index is 0.128. The molecule has 2 aliphatic heterocycles. The number of aryl methyl sites for hydroxylation is 1. The number of esters is 1. The van der Waals surface area contributed by atoms with Gasteiger partial charge in [-0.1, -0.05) is 56.9 Å². The molecule has 1 aromatic rings.